The predicted molar refractivity (Wildman–Crippen MR) is 70.1 cm³/mol. The van der Waals surface area contributed by atoms with Gasteiger partial charge in [-0.2, -0.15) is 0 Å². The number of aromatic nitrogens is 2. The summed E-state index contributed by atoms with van der Waals surface area (Å²) >= 11 is 0. The molecule has 6 nitrogen and oxygen atoms in total. The van der Waals surface area contributed by atoms with Gasteiger partial charge in [0.1, 0.15) is 11.5 Å². The molecule has 1 saturated heterocycles. The molecule has 0 saturated carbocycles. The number of imidazole rings is 1. The highest BCUT2D eigenvalue weighted by Gasteiger charge is 2.36. The van der Waals surface area contributed by atoms with Gasteiger partial charge in [-0.25, -0.2) is 4.98 Å². The Balaban J connectivity index is 2.12. The van der Waals surface area contributed by atoms with Crippen molar-refractivity contribution in [3.63, 3.8) is 0 Å². The van der Waals surface area contributed by atoms with E-state index >= 15 is 0 Å². The van der Waals surface area contributed by atoms with E-state index in [1.165, 1.54) is 0 Å². The summed E-state index contributed by atoms with van der Waals surface area (Å²) in [6.07, 6.45) is 1.48. The predicted octanol–water partition coefficient (Wildman–Crippen LogP) is 0.984. The van der Waals surface area contributed by atoms with Gasteiger partial charge in [-0.05, 0) is 20.8 Å². The Hall–Kier alpha value is -1.40. The number of aryl methyl sites for hydroxylation is 1. The number of carbonyl (C=O) groups is 1. The van der Waals surface area contributed by atoms with Gasteiger partial charge in [0.25, 0.3) is 5.91 Å². The van der Waals surface area contributed by atoms with Crippen molar-refractivity contribution >= 4 is 5.91 Å². The highest BCUT2D eigenvalue weighted by atomic mass is 16.5. The molecule has 1 aromatic heterocycles. The Labute approximate surface area is 113 Å². The zero-order chi connectivity index (χ0) is 14.0. The van der Waals surface area contributed by atoms with Crippen LogP contribution >= 0.6 is 0 Å². The van der Waals surface area contributed by atoms with E-state index in [4.69, 9.17) is 9.47 Å². The lowest BCUT2D eigenvalue weighted by Crippen LogP contribution is -2.55. The number of hydrogen-bond donors (Lipinski definition) is 1. The van der Waals surface area contributed by atoms with Crippen LogP contribution in [0.15, 0.2) is 6.20 Å². The first kappa shape index (κ1) is 14.0. The monoisotopic (exact) mass is 267 g/mol. The fraction of sp³-hybridized carbons (Fsp3) is 0.692. The minimum Gasteiger partial charge on any atom is -0.382 e. The van der Waals surface area contributed by atoms with Gasteiger partial charge in [-0.1, -0.05) is 0 Å². The van der Waals surface area contributed by atoms with Crippen molar-refractivity contribution in [2.75, 3.05) is 26.8 Å². The summed E-state index contributed by atoms with van der Waals surface area (Å²) in [5.41, 5.74) is 0.151. The third-order valence-corrected chi connectivity index (χ3v) is 3.05. The van der Waals surface area contributed by atoms with E-state index in [0.717, 1.165) is 5.82 Å². The Morgan fingerprint density at radius 3 is 3.00 bits per heavy atom. The van der Waals surface area contributed by atoms with Crippen LogP contribution in [0.2, 0.25) is 0 Å². The number of nitrogens with zero attached hydrogens (tertiary/aromatic N) is 2. The Bertz CT molecular complexity index is 456. The number of nitrogens with one attached hydrogen (secondary N) is 1. The van der Waals surface area contributed by atoms with Crippen LogP contribution < -0.4 is 0 Å². The van der Waals surface area contributed by atoms with E-state index in [9.17, 15) is 4.79 Å². The van der Waals surface area contributed by atoms with Crippen molar-refractivity contribution in [1.29, 1.82) is 0 Å². The number of H-pyrrole nitrogens is 1. The lowest BCUT2D eigenvalue weighted by atomic mass is 10.0. The number of morpholine rings is 1. The molecule has 1 N–H and O–H groups in total. The van der Waals surface area contributed by atoms with Gasteiger partial charge >= 0.3 is 0 Å². The number of ether oxygens (including phenoxy) is 2. The van der Waals surface area contributed by atoms with E-state index in [-0.39, 0.29) is 17.6 Å². The first-order valence-electron chi connectivity index (χ1n) is 6.39. The van der Waals surface area contributed by atoms with Crippen LogP contribution in [0, 0.1) is 6.92 Å². The normalized spacial score (nSPS) is 22.5. The molecular formula is C13H21N3O3. The van der Waals surface area contributed by atoms with Gasteiger partial charge in [0.2, 0.25) is 0 Å². The topological polar surface area (TPSA) is 67.5 Å². The SMILES string of the molecule is COCC1CN(C(=O)c2cnc(C)[nH]2)CC(C)(C)O1. The second kappa shape index (κ2) is 5.30. The molecule has 0 spiro atoms. The molecule has 1 atom stereocenters. The van der Waals surface area contributed by atoms with E-state index in [2.05, 4.69) is 9.97 Å². The first-order valence-corrected chi connectivity index (χ1v) is 6.39. The van der Waals surface area contributed by atoms with Gasteiger partial charge in [0.05, 0.1) is 24.5 Å². The molecule has 2 rings (SSSR count). The number of aromatic amines is 1. The molecule has 0 aliphatic carbocycles. The highest BCUT2D eigenvalue weighted by molar-refractivity contribution is 5.92. The summed E-state index contributed by atoms with van der Waals surface area (Å²) in [4.78, 5) is 21.2. The zero-order valence-electron chi connectivity index (χ0n) is 11.9. The molecule has 1 aliphatic heterocycles. The maximum Gasteiger partial charge on any atom is 0.272 e. The molecule has 1 fully saturated rings. The smallest absolute Gasteiger partial charge is 0.272 e. The quantitative estimate of drug-likeness (QED) is 0.886. The fourth-order valence-electron chi connectivity index (χ4n) is 2.42. The number of carbonyl (C=O) groups excluding carboxylic acids is 1. The standard InChI is InChI=1S/C13H21N3O3/c1-9-14-5-11(15-9)12(17)16-6-10(7-18-4)19-13(2,3)8-16/h5,10H,6-8H2,1-4H3,(H,14,15). The van der Waals surface area contributed by atoms with Crippen LogP contribution in [0.3, 0.4) is 0 Å². The lowest BCUT2D eigenvalue weighted by molar-refractivity contribution is -0.143. The van der Waals surface area contributed by atoms with E-state index in [1.807, 2.05) is 20.8 Å². The van der Waals surface area contributed by atoms with Crippen LogP contribution in [0.4, 0.5) is 0 Å². The van der Waals surface area contributed by atoms with Crippen LogP contribution in [0.5, 0.6) is 0 Å². The Kier molecular flexibility index (Phi) is 3.91. The molecule has 1 aliphatic rings. The molecule has 19 heavy (non-hydrogen) atoms. The molecule has 0 radical (unpaired) electrons. The number of methoxy groups -OCH3 is 1. The number of amides is 1. The van der Waals surface area contributed by atoms with Crippen molar-refractivity contribution in [2.24, 2.45) is 0 Å². The Morgan fingerprint density at radius 1 is 1.68 bits per heavy atom. The average Bonchev–Trinajstić information content (AvgIpc) is 2.73. The summed E-state index contributed by atoms with van der Waals surface area (Å²) in [6, 6.07) is 0. The Morgan fingerprint density at radius 2 is 2.42 bits per heavy atom. The molecule has 106 valence electrons. The van der Waals surface area contributed by atoms with E-state index in [0.29, 0.717) is 25.4 Å². The van der Waals surface area contributed by atoms with Crippen molar-refractivity contribution in [3.05, 3.63) is 17.7 Å². The van der Waals surface area contributed by atoms with Crippen LogP contribution in [-0.4, -0.2) is 59.3 Å². The van der Waals surface area contributed by atoms with Gasteiger partial charge in [-0.15, -0.1) is 0 Å². The first-order chi connectivity index (χ1) is 8.91. The van der Waals surface area contributed by atoms with Crippen LogP contribution in [-0.2, 0) is 9.47 Å². The summed E-state index contributed by atoms with van der Waals surface area (Å²) in [7, 11) is 1.63. The molecule has 6 heteroatoms. The molecule has 1 unspecified atom stereocenters. The van der Waals surface area contributed by atoms with Gasteiger partial charge < -0.3 is 19.4 Å². The van der Waals surface area contributed by atoms with Crippen molar-refractivity contribution < 1.29 is 14.3 Å². The molecular weight excluding hydrogens is 246 g/mol. The van der Waals surface area contributed by atoms with Crippen molar-refractivity contribution in [3.8, 4) is 0 Å². The maximum atomic E-state index is 12.4. The average molecular weight is 267 g/mol. The minimum absolute atomic E-state index is 0.0434. The van der Waals surface area contributed by atoms with Crippen molar-refractivity contribution in [1.82, 2.24) is 14.9 Å². The molecule has 0 aromatic carbocycles. The summed E-state index contributed by atoms with van der Waals surface area (Å²) in [6.45, 7) is 7.36. The fourth-order valence-corrected chi connectivity index (χ4v) is 2.42. The third kappa shape index (κ3) is 3.33. The third-order valence-electron chi connectivity index (χ3n) is 3.05. The second-order valence-electron chi connectivity index (χ2n) is 5.52. The van der Waals surface area contributed by atoms with Crippen molar-refractivity contribution in [2.45, 2.75) is 32.5 Å². The maximum absolute atomic E-state index is 12.4. The minimum atomic E-state index is -0.369. The second-order valence-corrected chi connectivity index (χ2v) is 5.52. The number of hydrogen-bond acceptors (Lipinski definition) is 4. The molecule has 2 heterocycles. The molecule has 0 bridgehead atoms. The summed E-state index contributed by atoms with van der Waals surface area (Å²) < 4.78 is 11.0. The van der Waals surface area contributed by atoms with E-state index in [1.54, 1.807) is 18.2 Å². The van der Waals surface area contributed by atoms with E-state index < -0.39 is 0 Å². The van der Waals surface area contributed by atoms with Gasteiger partial charge in [0, 0.05) is 20.2 Å². The summed E-state index contributed by atoms with van der Waals surface area (Å²) in [5, 5.41) is 0. The lowest BCUT2D eigenvalue weighted by Gasteiger charge is -2.42. The molecule has 1 aromatic rings. The van der Waals surface area contributed by atoms with Crippen LogP contribution in [0.1, 0.15) is 30.2 Å². The highest BCUT2D eigenvalue weighted by Crippen LogP contribution is 2.22. The van der Waals surface area contributed by atoms with Gasteiger partial charge in [0.15, 0.2) is 0 Å². The van der Waals surface area contributed by atoms with Gasteiger partial charge in [-0.3, -0.25) is 4.79 Å². The zero-order valence-corrected chi connectivity index (χ0v) is 11.9. The molecule has 1 amide bonds. The largest absolute Gasteiger partial charge is 0.382 e. The number of rotatable bonds is 3. The summed E-state index contributed by atoms with van der Waals surface area (Å²) in [5.74, 6) is 0.697. The van der Waals surface area contributed by atoms with Crippen LogP contribution in [0.25, 0.3) is 0 Å².